The zero-order valence-electron chi connectivity index (χ0n) is 9.20. The van der Waals surface area contributed by atoms with E-state index in [1.807, 2.05) is 11.3 Å². The maximum atomic E-state index is 11.3. The van der Waals surface area contributed by atoms with Crippen molar-refractivity contribution in [1.82, 2.24) is 4.90 Å². The number of hydrogen-bond acceptors (Lipinski definition) is 2. The Morgan fingerprint density at radius 3 is 2.65 bits per heavy atom. The van der Waals surface area contributed by atoms with Crippen molar-refractivity contribution < 1.29 is 4.79 Å². The Labute approximate surface area is 110 Å². The zero-order chi connectivity index (χ0) is 12.4. The van der Waals surface area contributed by atoms with E-state index in [4.69, 9.17) is 28.9 Å². The molecule has 3 nitrogen and oxygen atoms in total. The zero-order valence-corrected chi connectivity index (χ0v) is 10.7. The maximum absolute atomic E-state index is 11.3. The first kappa shape index (κ1) is 12.7. The summed E-state index contributed by atoms with van der Waals surface area (Å²) in [6.07, 6.45) is 2.78. The van der Waals surface area contributed by atoms with Gasteiger partial charge in [0.2, 0.25) is 5.91 Å². The molecule has 1 heterocycles. The Kier molecular flexibility index (Phi) is 3.92. The molecular formula is C12H13Cl2N2O. The van der Waals surface area contributed by atoms with Crippen LogP contribution in [0.2, 0.25) is 10.0 Å². The number of carbonyl (C=O) groups is 1. The van der Waals surface area contributed by atoms with Crippen LogP contribution in [0.25, 0.3) is 0 Å². The van der Waals surface area contributed by atoms with Gasteiger partial charge in [0.1, 0.15) is 0 Å². The van der Waals surface area contributed by atoms with Crippen molar-refractivity contribution in [3.8, 4) is 0 Å². The Hall–Kier alpha value is -0.770. The van der Waals surface area contributed by atoms with Crippen molar-refractivity contribution in [3.05, 3.63) is 40.2 Å². The summed E-state index contributed by atoms with van der Waals surface area (Å²) in [5, 5.41) is 1.24. The average Bonchev–Trinajstić information content (AvgIpc) is 2.72. The van der Waals surface area contributed by atoms with E-state index in [1.165, 1.54) is 0 Å². The van der Waals surface area contributed by atoms with Crippen LogP contribution in [0.1, 0.15) is 12.0 Å². The highest BCUT2D eigenvalue weighted by Gasteiger charge is 2.29. The smallest absolute Gasteiger partial charge is 0.235 e. The molecular weight excluding hydrogens is 259 g/mol. The lowest BCUT2D eigenvalue weighted by Gasteiger charge is -2.22. The summed E-state index contributed by atoms with van der Waals surface area (Å²) in [5.41, 5.74) is 6.18. The van der Waals surface area contributed by atoms with Crippen LogP contribution in [0, 0.1) is 6.42 Å². The van der Waals surface area contributed by atoms with Gasteiger partial charge in [-0.25, -0.2) is 0 Å². The topological polar surface area (TPSA) is 46.3 Å². The molecule has 2 rings (SSSR count). The van der Waals surface area contributed by atoms with Crippen LogP contribution in [-0.4, -0.2) is 23.4 Å². The van der Waals surface area contributed by atoms with E-state index in [-0.39, 0.29) is 11.9 Å². The SMILES string of the molecule is NC(=O)C1[CH]CCN1Cc1c(Cl)cccc1Cl. The second kappa shape index (κ2) is 5.25. The largest absolute Gasteiger partial charge is 0.368 e. The lowest BCUT2D eigenvalue weighted by Crippen LogP contribution is -2.40. The number of hydrogen-bond donors (Lipinski definition) is 1. The Balaban J connectivity index is 2.18. The second-order valence-electron chi connectivity index (χ2n) is 4.04. The van der Waals surface area contributed by atoms with Crippen molar-refractivity contribution in [2.45, 2.75) is 19.0 Å². The van der Waals surface area contributed by atoms with Crippen molar-refractivity contribution in [1.29, 1.82) is 0 Å². The predicted molar refractivity (Wildman–Crippen MR) is 68.8 cm³/mol. The van der Waals surface area contributed by atoms with Gasteiger partial charge in [-0.05, 0) is 31.5 Å². The maximum Gasteiger partial charge on any atom is 0.235 e. The minimum atomic E-state index is -0.328. The molecule has 17 heavy (non-hydrogen) atoms. The molecule has 0 aliphatic carbocycles. The van der Waals surface area contributed by atoms with Crippen LogP contribution >= 0.6 is 23.2 Å². The fraction of sp³-hybridized carbons (Fsp3) is 0.333. The predicted octanol–water partition coefficient (Wildman–Crippen LogP) is 2.26. The fourth-order valence-corrected chi connectivity index (χ4v) is 2.56. The molecule has 1 aliphatic heterocycles. The van der Waals surface area contributed by atoms with Gasteiger partial charge in [0.15, 0.2) is 0 Å². The third-order valence-electron chi connectivity index (χ3n) is 2.91. The second-order valence-corrected chi connectivity index (χ2v) is 4.86. The van der Waals surface area contributed by atoms with E-state index < -0.39 is 0 Å². The van der Waals surface area contributed by atoms with E-state index in [0.29, 0.717) is 16.6 Å². The van der Waals surface area contributed by atoms with E-state index >= 15 is 0 Å². The third-order valence-corrected chi connectivity index (χ3v) is 3.62. The standard InChI is InChI=1S/C12H13Cl2N2O/c13-9-3-1-4-10(14)8(9)7-16-6-2-5-11(16)12(15)17/h1,3-5,11H,2,6-7H2,(H2,15,17). The molecule has 1 aromatic rings. The van der Waals surface area contributed by atoms with Crippen LogP contribution in [0.4, 0.5) is 0 Å². The molecule has 1 atom stereocenters. The summed E-state index contributed by atoms with van der Waals surface area (Å²) >= 11 is 12.2. The molecule has 0 aromatic heterocycles. The first-order valence-corrected chi connectivity index (χ1v) is 6.15. The number of carbonyl (C=O) groups excluding carboxylic acids is 1. The van der Waals surface area contributed by atoms with Crippen molar-refractivity contribution >= 4 is 29.1 Å². The van der Waals surface area contributed by atoms with Crippen molar-refractivity contribution in [3.63, 3.8) is 0 Å². The first-order valence-electron chi connectivity index (χ1n) is 5.39. The highest BCUT2D eigenvalue weighted by Crippen LogP contribution is 2.28. The summed E-state index contributed by atoms with van der Waals surface area (Å²) in [5.74, 6) is -0.328. The molecule has 0 spiro atoms. The number of primary amides is 1. The Morgan fingerprint density at radius 2 is 2.06 bits per heavy atom. The molecule has 1 radical (unpaired) electrons. The van der Waals surface area contributed by atoms with Crippen LogP contribution in [0.15, 0.2) is 18.2 Å². The lowest BCUT2D eigenvalue weighted by atomic mass is 10.1. The van der Waals surface area contributed by atoms with Crippen LogP contribution < -0.4 is 5.73 Å². The Bertz CT molecular complexity index is 416. The van der Waals surface area contributed by atoms with Crippen LogP contribution in [0.3, 0.4) is 0 Å². The highest BCUT2D eigenvalue weighted by molar-refractivity contribution is 6.35. The number of amides is 1. The molecule has 1 saturated heterocycles. The third kappa shape index (κ3) is 2.73. The van der Waals surface area contributed by atoms with Gasteiger partial charge in [-0.15, -0.1) is 0 Å². The van der Waals surface area contributed by atoms with Gasteiger partial charge >= 0.3 is 0 Å². The molecule has 1 unspecified atom stereocenters. The quantitative estimate of drug-likeness (QED) is 0.917. The van der Waals surface area contributed by atoms with Gasteiger partial charge < -0.3 is 5.73 Å². The summed E-state index contributed by atoms with van der Waals surface area (Å²) in [6, 6.07) is 5.07. The average molecular weight is 272 g/mol. The number of halogens is 2. The normalized spacial score (nSPS) is 20.7. The summed E-state index contributed by atoms with van der Waals surface area (Å²) in [6.45, 7) is 1.35. The number of nitrogens with zero attached hydrogens (tertiary/aromatic N) is 1. The summed E-state index contributed by atoms with van der Waals surface area (Å²) in [4.78, 5) is 13.2. The van der Waals surface area contributed by atoms with Crippen LogP contribution in [-0.2, 0) is 11.3 Å². The van der Waals surface area contributed by atoms with Gasteiger partial charge in [0.05, 0.1) is 6.04 Å². The van der Waals surface area contributed by atoms with E-state index in [9.17, 15) is 4.79 Å². The fourth-order valence-electron chi connectivity index (χ4n) is 2.05. The van der Waals surface area contributed by atoms with Crippen molar-refractivity contribution in [2.24, 2.45) is 5.73 Å². The molecule has 1 amide bonds. The lowest BCUT2D eigenvalue weighted by molar-refractivity contribution is -0.121. The molecule has 1 fully saturated rings. The Morgan fingerprint density at radius 1 is 1.41 bits per heavy atom. The highest BCUT2D eigenvalue weighted by atomic mass is 35.5. The molecule has 5 heteroatoms. The van der Waals surface area contributed by atoms with Gasteiger partial charge in [-0.1, -0.05) is 29.3 Å². The van der Waals surface area contributed by atoms with Crippen LogP contribution in [0.5, 0.6) is 0 Å². The van der Waals surface area contributed by atoms with E-state index in [0.717, 1.165) is 18.5 Å². The monoisotopic (exact) mass is 271 g/mol. The minimum Gasteiger partial charge on any atom is -0.368 e. The molecule has 0 bridgehead atoms. The molecule has 1 aliphatic rings. The number of rotatable bonds is 3. The number of nitrogens with two attached hydrogens (primary N) is 1. The molecule has 91 valence electrons. The van der Waals surface area contributed by atoms with Crippen molar-refractivity contribution in [2.75, 3.05) is 6.54 Å². The summed E-state index contributed by atoms with van der Waals surface area (Å²) in [7, 11) is 0. The van der Waals surface area contributed by atoms with Gasteiger partial charge in [-0.3, -0.25) is 9.69 Å². The number of likely N-dealkylation sites (tertiary alicyclic amines) is 1. The molecule has 0 saturated carbocycles. The summed E-state index contributed by atoms with van der Waals surface area (Å²) < 4.78 is 0. The molecule has 1 aromatic carbocycles. The first-order chi connectivity index (χ1) is 8.09. The molecule has 2 N–H and O–H groups in total. The van der Waals surface area contributed by atoms with Gasteiger partial charge in [0, 0.05) is 22.2 Å². The van der Waals surface area contributed by atoms with E-state index in [1.54, 1.807) is 18.2 Å². The van der Waals surface area contributed by atoms with Gasteiger partial charge in [0.25, 0.3) is 0 Å². The number of benzene rings is 1. The minimum absolute atomic E-state index is 0.317. The van der Waals surface area contributed by atoms with E-state index in [2.05, 4.69) is 0 Å². The van der Waals surface area contributed by atoms with Gasteiger partial charge in [-0.2, -0.15) is 0 Å².